The van der Waals surface area contributed by atoms with E-state index in [0.717, 1.165) is 5.56 Å². The number of aromatic nitrogens is 1. The van der Waals surface area contributed by atoms with Gasteiger partial charge in [-0.3, -0.25) is 5.32 Å². The highest BCUT2D eigenvalue weighted by molar-refractivity contribution is 6.30. The third kappa shape index (κ3) is 4.06. The molecule has 1 amide bonds. The molecular formula is C11H15ClN2O2. The van der Waals surface area contributed by atoms with Crippen LogP contribution in [0.2, 0.25) is 5.02 Å². The van der Waals surface area contributed by atoms with Gasteiger partial charge in [-0.1, -0.05) is 11.6 Å². The van der Waals surface area contributed by atoms with Gasteiger partial charge in [0.1, 0.15) is 11.4 Å². The maximum absolute atomic E-state index is 11.5. The summed E-state index contributed by atoms with van der Waals surface area (Å²) in [5.74, 6) is 0.457. The number of anilines is 1. The predicted octanol–water partition coefficient (Wildman–Crippen LogP) is 3.39. The lowest BCUT2D eigenvalue weighted by molar-refractivity contribution is 0.0635. The molecule has 1 rings (SSSR count). The van der Waals surface area contributed by atoms with Crippen molar-refractivity contribution in [2.75, 3.05) is 5.32 Å². The summed E-state index contributed by atoms with van der Waals surface area (Å²) in [6, 6.07) is 1.72. The summed E-state index contributed by atoms with van der Waals surface area (Å²) in [7, 11) is 0. The zero-order chi connectivity index (χ0) is 12.3. The molecule has 0 radical (unpaired) electrons. The van der Waals surface area contributed by atoms with E-state index in [1.54, 1.807) is 26.8 Å². The number of amides is 1. The summed E-state index contributed by atoms with van der Waals surface area (Å²) in [5, 5.41) is 3.10. The van der Waals surface area contributed by atoms with Crippen LogP contribution in [0.25, 0.3) is 0 Å². The van der Waals surface area contributed by atoms with Gasteiger partial charge in [0.25, 0.3) is 0 Å². The van der Waals surface area contributed by atoms with E-state index < -0.39 is 11.7 Å². The predicted molar refractivity (Wildman–Crippen MR) is 63.8 cm³/mol. The fourth-order valence-corrected chi connectivity index (χ4v) is 1.28. The molecule has 1 N–H and O–H groups in total. The number of rotatable bonds is 1. The molecule has 1 heterocycles. The normalized spacial score (nSPS) is 11.1. The number of ether oxygens (including phenoxy) is 1. The largest absolute Gasteiger partial charge is 0.444 e. The van der Waals surface area contributed by atoms with Crippen molar-refractivity contribution in [1.29, 1.82) is 0 Å². The van der Waals surface area contributed by atoms with Crippen molar-refractivity contribution in [3.63, 3.8) is 0 Å². The number of carbonyl (C=O) groups is 1. The second-order valence-corrected chi connectivity index (χ2v) is 4.88. The first-order valence-corrected chi connectivity index (χ1v) is 5.28. The number of hydrogen-bond donors (Lipinski definition) is 1. The van der Waals surface area contributed by atoms with Crippen molar-refractivity contribution in [1.82, 2.24) is 4.98 Å². The number of carbonyl (C=O) groups excluding carboxylic acids is 1. The molecule has 0 unspecified atom stereocenters. The lowest BCUT2D eigenvalue weighted by Crippen LogP contribution is -2.27. The number of pyridine rings is 1. The topological polar surface area (TPSA) is 51.2 Å². The third-order valence-corrected chi connectivity index (χ3v) is 1.87. The minimum absolute atomic E-state index is 0.457. The number of halogens is 1. The van der Waals surface area contributed by atoms with Gasteiger partial charge in [-0.15, -0.1) is 0 Å². The zero-order valence-corrected chi connectivity index (χ0v) is 10.6. The SMILES string of the molecule is Cc1cc(Cl)cnc1NC(=O)OC(C)(C)C. The molecule has 0 aliphatic heterocycles. The summed E-state index contributed by atoms with van der Waals surface area (Å²) >= 11 is 5.75. The van der Waals surface area contributed by atoms with Gasteiger partial charge in [0.05, 0.1) is 5.02 Å². The van der Waals surface area contributed by atoms with Crippen molar-refractivity contribution in [2.24, 2.45) is 0 Å². The molecule has 0 atom stereocenters. The summed E-state index contributed by atoms with van der Waals surface area (Å²) in [6.45, 7) is 7.21. The van der Waals surface area contributed by atoms with Crippen molar-refractivity contribution in [3.05, 3.63) is 22.8 Å². The van der Waals surface area contributed by atoms with Crippen LogP contribution in [0.4, 0.5) is 10.6 Å². The van der Waals surface area contributed by atoms with Gasteiger partial charge in [-0.25, -0.2) is 9.78 Å². The first-order chi connectivity index (χ1) is 7.28. The standard InChI is InChI=1S/C11H15ClN2O2/c1-7-5-8(12)6-13-9(7)14-10(15)16-11(2,3)4/h5-6H,1-4H3,(H,13,14,15). The molecule has 0 saturated heterocycles. The molecular weight excluding hydrogens is 228 g/mol. The van der Waals surface area contributed by atoms with Gasteiger partial charge in [0.15, 0.2) is 0 Å². The molecule has 4 nitrogen and oxygen atoms in total. The minimum Gasteiger partial charge on any atom is -0.444 e. The lowest BCUT2D eigenvalue weighted by Gasteiger charge is -2.19. The maximum atomic E-state index is 11.5. The Morgan fingerprint density at radius 2 is 2.12 bits per heavy atom. The quantitative estimate of drug-likeness (QED) is 0.821. The summed E-state index contributed by atoms with van der Waals surface area (Å²) in [5.41, 5.74) is 0.267. The van der Waals surface area contributed by atoms with E-state index in [-0.39, 0.29) is 0 Å². The molecule has 0 bridgehead atoms. The van der Waals surface area contributed by atoms with E-state index in [2.05, 4.69) is 10.3 Å². The Bertz CT molecular complexity index is 399. The number of hydrogen-bond acceptors (Lipinski definition) is 3. The van der Waals surface area contributed by atoms with Gasteiger partial charge in [-0.2, -0.15) is 0 Å². The van der Waals surface area contributed by atoms with Crippen LogP contribution >= 0.6 is 11.6 Å². The van der Waals surface area contributed by atoms with Crippen molar-refractivity contribution < 1.29 is 9.53 Å². The van der Waals surface area contributed by atoms with Crippen LogP contribution in [0.15, 0.2) is 12.3 Å². The number of nitrogens with zero attached hydrogens (tertiary/aromatic N) is 1. The van der Waals surface area contributed by atoms with Crippen LogP contribution in [0.1, 0.15) is 26.3 Å². The molecule has 0 saturated carbocycles. The van der Waals surface area contributed by atoms with Gasteiger partial charge in [0.2, 0.25) is 0 Å². The molecule has 0 aliphatic rings. The minimum atomic E-state index is -0.523. The first-order valence-electron chi connectivity index (χ1n) is 4.90. The van der Waals surface area contributed by atoms with Crippen LogP contribution in [0.5, 0.6) is 0 Å². The molecule has 1 aromatic heterocycles. The van der Waals surface area contributed by atoms with E-state index in [0.29, 0.717) is 10.8 Å². The average molecular weight is 243 g/mol. The fourth-order valence-electron chi connectivity index (χ4n) is 1.07. The molecule has 1 aromatic rings. The summed E-state index contributed by atoms with van der Waals surface area (Å²) in [4.78, 5) is 15.5. The van der Waals surface area contributed by atoms with E-state index in [1.165, 1.54) is 6.20 Å². The molecule has 0 fully saturated rings. The smallest absolute Gasteiger partial charge is 0.413 e. The first kappa shape index (κ1) is 12.8. The second kappa shape index (κ2) is 4.70. The Balaban J connectivity index is 2.70. The van der Waals surface area contributed by atoms with E-state index in [4.69, 9.17) is 16.3 Å². The Morgan fingerprint density at radius 1 is 1.50 bits per heavy atom. The molecule has 0 aromatic carbocycles. The highest BCUT2D eigenvalue weighted by atomic mass is 35.5. The Hall–Kier alpha value is -1.29. The summed E-state index contributed by atoms with van der Waals surface area (Å²) in [6.07, 6.45) is 0.951. The second-order valence-electron chi connectivity index (χ2n) is 4.45. The van der Waals surface area contributed by atoms with Crippen LogP contribution in [0, 0.1) is 6.92 Å². The maximum Gasteiger partial charge on any atom is 0.413 e. The number of nitrogens with one attached hydrogen (secondary N) is 1. The highest BCUT2D eigenvalue weighted by Crippen LogP contribution is 2.17. The monoisotopic (exact) mass is 242 g/mol. The van der Waals surface area contributed by atoms with Crippen LogP contribution in [0.3, 0.4) is 0 Å². The highest BCUT2D eigenvalue weighted by Gasteiger charge is 2.17. The van der Waals surface area contributed by atoms with E-state index in [9.17, 15) is 4.79 Å². The third-order valence-electron chi connectivity index (χ3n) is 1.66. The lowest BCUT2D eigenvalue weighted by atomic mass is 10.2. The molecule has 5 heteroatoms. The van der Waals surface area contributed by atoms with E-state index >= 15 is 0 Å². The number of aryl methyl sites for hydroxylation is 1. The zero-order valence-electron chi connectivity index (χ0n) is 9.80. The van der Waals surface area contributed by atoms with Gasteiger partial charge in [0, 0.05) is 6.20 Å². The van der Waals surface area contributed by atoms with Crippen LogP contribution in [-0.2, 0) is 4.74 Å². The Kier molecular flexibility index (Phi) is 3.75. The Morgan fingerprint density at radius 3 is 2.62 bits per heavy atom. The van der Waals surface area contributed by atoms with Gasteiger partial charge in [-0.05, 0) is 39.3 Å². The fraction of sp³-hybridized carbons (Fsp3) is 0.455. The van der Waals surface area contributed by atoms with Gasteiger partial charge >= 0.3 is 6.09 Å². The van der Waals surface area contributed by atoms with Crippen molar-refractivity contribution >= 4 is 23.5 Å². The van der Waals surface area contributed by atoms with Crippen LogP contribution in [-0.4, -0.2) is 16.7 Å². The average Bonchev–Trinajstić information content (AvgIpc) is 2.06. The van der Waals surface area contributed by atoms with Gasteiger partial charge < -0.3 is 4.74 Å². The molecule has 16 heavy (non-hydrogen) atoms. The molecule has 88 valence electrons. The van der Waals surface area contributed by atoms with Crippen molar-refractivity contribution in [2.45, 2.75) is 33.3 Å². The van der Waals surface area contributed by atoms with Crippen molar-refractivity contribution in [3.8, 4) is 0 Å². The van der Waals surface area contributed by atoms with E-state index in [1.807, 2.05) is 6.92 Å². The molecule has 0 spiro atoms. The molecule has 0 aliphatic carbocycles. The summed E-state index contributed by atoms with van der Waals surface area (Å²) < 4.78 is 5.10. The Labute approximate surface area is 100.0 Å². The van der Waals surface area contributed by atoms with Crippen LogP contribution < -0.4 is 5.32 Å².